The minimum absolute atomic E-state index is 0.0414. The number of aliphatic hydroxyl groups excluding tert-OH is 2. The van der Waals surface area contributed by atoms with Crippen LogP contribution in [0.25, 0.3) is 0 Å². The molecule has 142 valence electrons. The van der Waals surface area contributed by atoms with Gasteiger partial charge in [0.2, 0.25) is 5.88 Å². The van der Waals surface area contributed by atoms with Crippen molar-refractivity contribution in [1.82, 2.24) is 9.55 Å². The van der Waals surface area contributed by atoms with Gasteiger partial charge in [-0.2, -0.15) is 4.98 Å². The van der Waals surface area contributed by atoms with Gasteiger partial charge in [-0.25, -0.2) is 9.59 Å². The average Bonchev–Trinajstić information content (AvgIpc) is 3.15. The fourth-order valence-corrected chi connectivity index (χ4v) is 3.31. The number of carbonyl (C=O) groups excluding carboxylic acids is 1. The standard InChI is InChI=1S/C18H18N2O7/c1-10-7-20(15-12-13(22)18(8-21,27-15)9-25-12)17(24)19-14(10)26-16(23)11-5-3-2-4-6-11/h2-7,12-13,15,21-22H,8-9H2,1H3/t12?,13-,15-,18+/m1/s1. The molecule has 0 radical (unpaired) electrons. The number of rotatable bonds is 4. The summed E-state index contributed by atoms with van der Waals surface area (Å²) < 4.78 is 17.6. The monoisotopic (exact) mass is 374 g/mol. The minimum Gasteiger partial charge on any atom is -0.403 e. The van der Waals surface area contributed by atoms with Gasteiger partial charge < -0.3 is 24.4 Å². The number of hydrogen-bond donors (Lipinski definition) is 2. The lowest BCUT2D eigenvalue weighted by atomic mass is 10.0. The third-order valence-electron chi connectivity index (χ3n) is 4.84. The highest BCUT2D eigenvalue weighted by Crippen LogP contribution is 2.44. The molecule has 9 nitrogen and oxygen atoms in total. The van der Waals surface area contributed by atoms with Crippen molar-refractivity contribution in [3.63, 3.8) is 0 Å². The summed E-state index contributed by atoms with van der Waals surface area (Å²) in [6.07, 6.45) is -1.36. The lowest BCUT2D eigenvalue weighted by Gasteiger charge is -2.29. The molecular weight excluding hydrogens is 356 g/mol. The van der Waals surface area contributed by atoms with E-state index in [2.05, 4.69) is 4.98 Å². The average molecular weight is 374 g/mol. The Bertz CT molecular complexity index is 929. The van der Waals surface area contributed by atoms with Gasteiger partial charge in [-0.15, -0.1) is 0 Å². The molecule has 4 atom stereocenters. The third kappa shape index (κ3) is 2.85. The maximum Gasteiger partial charge on any atom is 0.353 e. The predicted octanol–water partition coefficient (Wildman–Crippen LogP) is -0.209. The second-order valence-electron chi connectivity index (χ2n) is 6.63. The predicted molar refractivity (Wildman–Crippen MR) is 90.3 cm³/mol. The first kappa shape index (κ1) is 17.8. The molecule has 2 N–H and O–H groups in total. The topological polar surface area (TPSA) is 120 Å². The first-order valence-corrected chi connectivity index (χ1v) is 8.40. The second-order valence-corrected chi connectivity index (χ2v) is 6.63. The number of hydrogen-bond acceptors (Lipinski definition) is 8. The molecule has 1 aromatic carbocycles. The molecule has 2 bridgehead atoms. The lowest BCUT2D eigenvalue weighted by molar-refractivity contribution is -0.187. The number of fused-ring (bicyclic) bond motifs is 2. The Hall–Kier alpha value is -2.59. The van der Waals surface area contributed by atoms with Crippen LogP contribution in [-0.2, 0) is 9.47 Å². The zero-order valence-corrected chi connectivity index (χ0v) is 14.4. The van der Waals surface area contributed by atoms with Crippen molar-refractivity contribution in [2.24, 2.45) is 0 Å². The van der Waals surface area contributed by atoms with Crippen LogP contribution in [0.15, 0.2) is 41.3 Å². The number of carbonyl (C=O) groups is 1. The molecule has 2 aliphatic rings. The molecule has 1 unspecified atom stereocenters. The fourth-order valence-electron chi connectivity index (χ4n) is 3.31. The van der Waals surface area contributed by atoms with Crippen LogP contribution in [0, 0.1) is 6.92 Å². The Morgan fingerprint density at radius 2 is 2.15 bits per heavy atom. The maximum absolute atomic E-state index is 12.5. The molecular formula is C18H18N2O7. The smallest absolute Gasteiger partial charge is 0.353 e. The van der Waals surface area contributed by atoms with Gasteiger partial charge >= 0.3 is 11.7 Å². The molecule has 3 heterocycles. The number of esters is 1. The molecule has 27 heavy (non-hydrogen) atoms. The molecule has 0 amide bonds. The Morgan fingerprint density at radius 1 is 1.41 bits per heavy atom. The molecule has 0 spiro atoms. The Kier molecular flexibility index (Phi) is 4.31. The van der Waals surface area contributed by atoms with Gasteiger partial charge in [0.25, 0.3) is 0 Å². The quantitative estimate of drug-likeness (QED) is 0.706. The number of aryl methyl sites for hydroxylation is 1. The SMILES string of the molecule is Cc1cn([C@@H]2O[C@@]3(CO)COC2[C@H]3O)c(=O)nc1OC(=O)c1ccccc1. The van der Waals surface area contributed by atoms with E-state index in [0.29, 0.717) is 11.1 Å². The molecule has 0 saturated carbocycles. The summed E-state index contributed by atoms with van der Waals surface area (Å²) >= 11 is 0. The first-order chi connectivity index (χ1) is 12.9. The lowest BCUT2D eigenvalue weighted by Crippen LogP contribution is -2.44. The van der Waals surface area contributed by atoms with Crippen molar-refractivity contribution in [2.45, 2.75) is 31.0 Å². The highest BCUT2D eigenvalue weighted by molar-refractivity contribution is 5.90. The van der Waals surface area contributed by atoms with Crippen molar-refractivity contribution < 1.29 is 29.2 Å². The Morgan fingerprint density at radius 3 is 2.81 bits per heavy atom. The van der Waals surface area contributed by atoms with Crippen molar-refractivity contribution in [2.75, 3.05) is 13.2 Å². The van der Waals surface area contributed by atoms with Gasteiger partial charge in [0, 0.05) is 11.8 Å². The van der Waals surface area contributed by atoms with Crippen molar-refractivity contribution in [3.8, 4) is 5.88 Å². The van der Waals surface area contributed by atoms with Gasteiger partial charge in [-0.1, -0.05) is 18.2 Å². The van der Waals surface area contributed by atoms with Crippen LogP contribution >= 0.6 is 0 Å². The van der Waals surface area contributed by atoms with Crippen LogP contribution in [0.3, 0.4) is 0 Å². The number of ether oxygens (including phenoxy) is 3. The highest BCUT2D eigenvalue weighted by Gasteiger charge is 2.61. The summed E-state index contributed by atoms with van der Waals surface area (Å²) in [5.41, 5.74) is -1.21. The summed E-state index contributed by atoms with van der Waals surface area (Å²) in [6, 6.07) is 8.35. The van der Waals surface area contributed by atoms with Crippen LogP contribution in [0.2, 0.25) is 0 Å². The molecule has 1 aromatic heterocycles. The van der Waals surface area contributed by atoms with Crippen LogP contribution in [0.1, 0.15) is 22.1 Å². The largest absolute Gasteiger partial charge is 0.403 e. The highest BCUT2D eigenvalue weighted by atomic mass is 16.7. The molecule has 2 aromatic rings. The van der Waals surface area contributed by atoms with Crippen LogP contribution in [-0.4, -0.2) is 56.8 Å². The van der Waals surface area contributed by atoms with Gasteiger partial charge in [0.15, 0.2) is 6.23 Å². The van der Waals surface area contributed by atoms with E-state index in [1.165, 1.54) is 10.8 Å². The van der Waals surface area contributed by atoms with Crippen molar-refractivity contribution in [1.29, 1.82) is 0 Å². The van der Waals surface area contributed by atoms with Crippen molar-refractivity contribution in [3.05, 3.63) is 58.1 Å². The van der Waals surface area contributed by atoms with Crippen LogP contribution < -0.4 is 10.4 Å². The number of aromatic nitrogens is 2. The summed E-state index contributed by atoms with van der Waals surface area (Å²) in [7, 11) is 0. The van der Waals surface area contributed by atoms with E-state index in [0.717, 1.165) is 0 Å². The minimum atomic E-state index is -1.25. The van der Waals surface area contributed by atoms with Gasteiger partial charge in [0.05, 0.1) is 18.8 Å². The Labute approximate surface area is 153 Å². The van der Waals surface area contributed by atoms with Crippen LogP contribution in [0.5, 0.6) is 5.88 Å². The van der Waals surface area contributed by atoms with E-state index in [1.807, 2.05) is 0 Å². The van der Waals surface area contributed by atoms with E-state index in [4.69, 9.17) is 14.2 Å². The zero-order valence-electron chi connectivity index (χ0n) is 14.4. The number of aliphatic hydroxyl groups is 2. The van der Waals surface area contributed by atoms with E-state index >= 15 is 0 Å². The van der Waals surface area contributed by atoms with E-state index in [9.17, 15) is 19.8 Å². The molecule has 4 rings (SSSR count). The van der Waals surface area contributed by atoms with Crippen LogP contribution in [0.4, 0.5) is 0 Å². The van der Waals surface area contributed by atoms with E-state index in [-0.39, 0.29) is 12.5 Å². The van der Waals surface area contributed by atoms with E-state index < -0.39 is 42.3 Å². The van der Waals surface area contributed by atoms with Gasteiger partial charge in [-0.05, 0) is 19.1 Å². The summed E-state index contributed by atoms with van der Waals surface area (Å²) in [5.74, 6) is -0.732. The fraction of sp³-hybridized carbons (Fsp3) is 0.389. The molecule has 9 heteroatoms. The van der Waals surface area contributed by atoms with E-state index in [1.54, 1.807) is 37.3 Å². The summed E-state index contributed by atoms with van der Waals surface area (Å²) in [5, 5.41) is 19.8. The number of benzene rings is 1. The first-order valence-electron chi connectivity index (χ1n) is 8.40. The number of nitrogens with zero attached hydrogens (tertiary/aromatic N) is 2. The molecule has 0 aliphatic carbocycles. The summed E-state index contributed by atoms with van der Waals surface area (Å²) in [6.45, 7) is 1.23. The maximum atomic E-state index is 12.5. The summed E-state index contributed by atoms with van der Waals surface area (Å²) in [4.78, 5) is 28.4. The normalized spacial score (nSPS) is 29.1. The van der Waals surface area contributed by atoms with Crippen molar-refractivity contribution >= 4 is 5.97 Å². The molecule has 2 fully saturated rings. The van der Waals surface area contributed by atoms with Gasteiger partial charge in [0.1, 0.15) is 17.8 Å². The Balaban J connectivity index is 1.60. The zero-order chi connectivity index (χ0) is 19.2. The second kappa shape index (κ2) is 6.54. The molecule has 2 saturated heterocycles. The third-order valence-corrected chi connectivity index (χ3v) is 4.84. The van der Waals surface area contributed by atoms with Gasteiger partial charge in [-0.3, -0.25) is 4.57 Å². The molecule has 2 aliphatic heterocycles.